The second kappa shape index (κ2) is 6.76. The molecule has 1 aromatic carbocycles. The van der Waals surface area contributed by atoms with Crippen molar-refractivity contribution in [3.63, 3.8) is 0 Å². The molecule has 3 heteroatoms. The first-order valence-corrected chi connectivity index (χ1v) is 6.84. The van der Waals surface area contributed by atoms with Crippen molar-refractivity contribution in [1.29, 1.82) is 0 Å². The van der Waals surface area contributed by atoms with Gasteiger partial charge in [0.15, 0.2) is 0 Å². The van der Waals surface area contributed by atoms with Crippen LogP contribution in [0.4, 0.5) is 0 Å². The molecule has 2 rings (SSSR count). The third kappa shape index (κ3) is 4.00. The van der Waals surface area contributed by atoms with Crippen LogP contribution in [0.3, 0.4) is 0 Å². The topological polar surface area (TPSA) is 32.7 Å². The molecule has 3 nitrogen and oxygen atoms in total. The van der Waals surface area contributed by atoms with Crippen LogP contribution in [-0.2, 0) is 0 Å². The Hall–Kier alpha value is -1.06. The maximum Gasteiger partial charge on any atom is 0.122 e. The van der Waals surface area contributed by atoms with Crippen molar-refractivity contribution in [2.24, 2.45) is 0 Å². The van der Waals surface area contributed by atoms with Crippen molar-refractivity contribution in [2.45, 2.75) is 32.3 Å². The van der Waals surface area contributed by atoms with Gasteiger partial charge in [-0.3, -0.25) is 0 Å². The highest BCUT2D eigenvalue weighted by Gasteiger charge is 2.15. The van der Waals surface area contributed by atoms with Crippen molar-refractivity contribution in [3.05, 3.63) is 29.8 Å². The highest BCUT2D eigenvalue weighted by molar-refractivity contribution is 5.31. The summed E-state index contributed by atoms with van der Waals surface area (Å²) in [4.78, 5) is 2.33. The lowest BCUT2D eigenvalue weighted by molar-refractivity contribution is 0.0615. The summed E-state index contributed by atoms with van der Waals surface area (Å²) in [5, 5.41) is 9.99. The Morgan fingerprint density at radius 2 is 1.94 bits per heavy atom. The van der Waals surface area contributed by atoms with Crippen LogP contribution in [0.2, 0.25) is 0 Å². The van der Waals surface area contributed by atoms with Crippen LogP contribution < -0.4 is 4.74 Å². The van der Waals surface area contributed by atoms with Gasteiger partial charge in [0.1, 0.15) is 18.5 Å². The fourth-order valence-corrected chi connectivity index (χ4v) is 2.40. The van der Waals surface area contributed by atoms with Gasteiger partial charge in [-0.1, -0.05) is 24.6 Å². The lowest BCUT2D eigenvalue weighted by atomic mass is 10.1. The third-order valence-electron chi connectivity index (χ3n) is 3.44. The molecule has 1 saturated heterocycles. The van der Waals surface area contributed by atoms with E-state index >= 15 is 0 Å². The number of nitrogens with zero attached hydrogens (tertiary/aromatic N) is 1. The van der Waals surface area contributed by atoms with Gasteiger partial charge in [-0.2, -0.15) is 0 Å². The van der Waals surface area contributed by atoms with Gasteiger partial charge in [0, 0.05) is 6.54 Å². The van der Waals surface area contributed by atoms with Gasteiger partial charge in [-0.05, 0) is 44.5 Å². The quantitative estimate of drug-likeness (QED) is 0.868. The predicted octanol–water partition coefficient (Wildman–Crippen LogP) is 2.22. The first kappa shape index (κ1) is 13.4. The molecule has 0 spiro atoms. The van der Waals surface area contributed by atoms with Gasteiger partial charge in [0.05, 0.1) is 0 Å². The van der Waals surface area contributed by atoms with E-state index < -0.39 is 6.10 Å². The molecule has 1 atom stereocenters. The van der Waals surface area contributed by atoms with Gasteiger partial charge < -0.3 is 14.7 Å². The maximum atomic E-state index is 9.99. The Balaban J connectivity index is 1.74. The molecule has 100 valence electrons. The summed E-state index contributed by atoms with van der Waals surface area (Å²) in [6, 6.07) is 7.92. The number of aliphatic hydroxyl groups excluding tert-OH is 1. The van der Waals surface area contributed by atoms with E-state index in [0.29, 0.717) is 6.61 Å². The number of hydrogen-bond acceptors (Lipinski definition) is 3. The van der Waals surface area contributed by atoms with Crippen LogP contribution in [-0.4, -0.2) is 42.4 Å². The molecule has 0 unspecified atom stereocenters. The molecule has 1 aliphatic rings. The Bertz CT molecular complexity index is 361. The molecular formula is C15H23NO2. The summed E-state index contributed by atoms with van der Waals surface area (Å²) >= 11 is 0. The summed E-state index contributed by atoms with van der Waals surface area (Å²) in [7, 11) is 0. The number of para-hydroxylation sites is 1. The Labute approximate surface area is 109 Å². The van der Waals surface area contributed by atoms with Crippen LogP contribution in [0.5, 0.6) is 5.75 Å². The van der Waals surface area contributed by atoms with Gasteiger partial charge in [-0.25, -0.2) is 0 Å². The zero-order chi connectivity index (χ0) is 12.8. The molecule has 0 bridgehead atoms. The van der Waals surface area contributed by atoms with Crippen LogP contribution in [0.1, 0.15) is 24.8 Å². The van der Waals surface area contributed by atoms with E-state index in [9.17, 15) is 5.11 Å². The fraction of sp³-hybridized carbons (Fsp3) is 0.600. The lowest BCUT2D eigenvalue weighted by Crippen LogP contribution is -2.38. The molecule has 0 aliphatic carbocycles. The first-order valence-electron chi connectivity index (χ1n) is 6.84. The van der Waals surface area contributed by atoms with Gasteiger partial charge in [0.2, 0.25) is 0 Å². The summed E-state index contributed by atoms with van der Waals surface area (Å²) in [6.07, 6.45) is 3.44. The second-order valence-corrected chi connectivity index (χ2v) is 5.09. The SMILES string of the molecule is Cc1ccccc1OC[C@H](O)CN1CCCCC1. The molecule has 1 aromatic rings. The summed E-state index contributed by atoms with van der Waals surface area (Å²) in [5.41, 5.74) is 1.11. The minimum Gasteiger partial charge on any atom is -0.491 e. The van der Waals surface area contributed by atoms with Crippen molar-refractivity contribution in [2.75, 3.05) is 26.2 Å². The van der Waals surface area contributed by atoms with Crippen molar-refractivity contribution in [3.8, 4) is 5.75 Å². The number of rotatable bonds is 5. The highest BCUT2D eigenvalue weighted by atomic mass is 16.5. The minimum atomic E-state index is -0.400. The minimum absolute atomic E-state index is 0.376. The van der Waals surface area contributed by atoms with Crippen LogP contribution in [0.15, 0.2) is 24.3 Å². The molecule has 0 aromatic heterocycles. The normalized spacial score (nSPS) is 18.6. The molecule has 0 amide bonds. The van der Waals surface area contributed by atoms with E-state index in [0.717, 1.165) is 30.9 Å². The number of benzene rings is 1. The predicted molar refractivity (Wildman–Crippen MR) is 73.0 cm³/mol. The van der Waals surface area contributed by atoms with E-state index in [1.165, 1.54) is 19.3 Å². The average Bonchev–Trinajstić information content (AvgIpc) is 2.39. The third-order valence-corrected chi connectivity index (χ3v) is 3.44. The van der Waals surface area contributed by atoms with Crippen molar-refractivity contribution in [1.82, 2.24) is 4.90 Å². The number of aliphatic hydroxyl groups is 1. The van der Waals surface area contributed by atoms with E-state index in [2.05, 4.69) is 4.90 Å². The number of likely N-dealkylation sites (tertiary alicyclic amines) is 1. The molecule has 1 aliphatic heterocycles. The number of ether oxygens (including phenoxy) is 1. The van der Waals surface area contributed by atoms with Crippen LogP contribution in [0, 0.1) is 6.92 Å². The monoisotopic (exact) mass is 249 g/mol. The number of aryl methyl sites for hydroxylation is 1. The number of hydrogen-bond donors (Lipinski definition) is 1. The Morgan fingerprint density at radius 1 is 1.22 bits per heavy atom. The largest absolute Gasteiger partial charge is 0.491 e. The van der Waals surface area contributed by atoms with Gasteiger partial charge >= 0.3 is 0 Å². The second-order valence-electron chi connectivity index (χ2n) is 5.09. The van der Waals surface area contributed by atoms with E-state index in [1.54, 1.807) is 0 Å². The zero-order valence-corrected chi connectivity index (χ0v) is 11.1. The van der Waals surface area contributed by atoms with Gasteiger partial charge in [-0.15, -0.1) is 0 Å². The average molecular weight is 249 g/mol. The van der Waals surface area contributed by atoms with E-state index in [1.807, 2.05) is 31.2 Å². The summed E-state index contributed by atoms with van der Waals surface area (Å²) in [6.45, 7) is 5.35. The Morgan fingerprint density at radius 3 is 2.67 bits per heavy atom. The molecule has 1 heterocycles. The number of piperidine rings is 1. The zero-order valence-electron chi connectivity index (χ0n) is 11.1. The lowest BCUT2D eigenvalue weighted by Gasteiger charge is -2.28. The van der Waals surface area contributed by atoms with Crippen molar-refractivity contribution >= 4 is 0 Å². The first-order chi connectivity index (χ1) is 8.75. The highest BCUT2D eigenvalue weighted by Crippen LogP contribution is 2.16. The molecule has 0 saturated carbocycles. The molecular weight excluding hydrogens is 226 g/mol. The van der Waals surface area contributed by atoms with E-state index in [-0.39, 0.29) is 0 Å². The van der Waals surface area contributed by atoms with Gasteiger partial charge in [0.25, 0.3) is 0 Å². The molecule has 0 radical (unpaired) electrons. The number of β-amino-alcohol motifs (C(OH)–C–C–N with tert-alkyl or cyclic N) is 1. The standard InChI is InChI=1S/C15H23NO2/c1-13-7-3-4-8-15(13)18-12-14(17)11-16-9-5-2-6-10-16/h3-4,7-8,14,17H,2,5-6,9-12H2,1H3/t14-/m1/s1. The molecule has 18 heavy (non-hydrogen) atoms. The smallest absolute Gasteiger partial charge is 0.122 e. The van der Waals surface area contributed by atoms with Crippen molar-refractivity contribution < 1.29 is 9.84 Å². The summed E-state index contributed by atoms with van der Waals surface area (Å²) in [5.74, 6) is 0.871. The maximum absolute atomic E-state index is 9.99. The van der Waals surface area contributed by atoms with Crippen LogP contribution >= 0.6 is 0 Å². The molecule has 1 fully saturated rings. The fourth-order valence-electron chi connectivity index (χ4n) is 2.40. The van der Waals surface area contributed by atoms with E-state index in [4.69, 9.17) is 4.74 Å². The molecule has 1 N–H and O–H groups in total. The summed E-state index contributed by atoms with van der Waals surface area (Å²) < 4.78 is 5.66. The Kier molecular flexibility index (Phi) is 5.02. The van der Waals surface area contributed by atoms with Crippen LogP contribution in [0.25, 0.3) is 0 Å².